The van der Waals surface area contributed by atoms with Gasteiger partial charge in [0.1, 0.15) is 0 Å². The Labute approximate surface area is 119 Å². The Balaban J connectivity index is 2.17. The molecule has 0 saturated heterocycles. The standard InChI is InChI=1S/C14H20Cl2N2/c1-2-9-5-3-4-6-13(9)18-14-11(15)7-10(17)8-12(14)16/h7-9,13,18H,2-6,17H2,1H3. The van der Waals surface area contributed by atoms with Crippen molar-refractivity contribution in [3.05, 3.63) is 22.2 Å². The molecule has 1 aromatic rings. The monoisotopic (exact) mass is 286 g/mol. The zero-order valence-electron chi connectivity index (χ0n) is 10.7. The summed E-state index contributed by atoms with van der Waals surface area (Å²) in [5.41, 5.74) is 7.15. The lowest BCUT2D eigenvalue weighted by atomic mass is 9.83. The molecule has 0 radical (unpaired) electrons. The van der Waals surface area contributed by atoms with Crippen molar-refractivity contribution in [3.63, 3.8) is 0 Å². The number of nitrogens with two attached hydrogens (primary N) is 1. The molecule has 0 bridgehead atoms. The van der Waals surface area contributed by atoms with Crippen LogP contribution >= 0.6 is 23.2 Å². The number of hydrogen-bond donors (Lipinski definition) is 2. The van der Waals surface area contributed by atoms with E-state index in [1.54, 1.807) is 12.1 Å². The topological polar surface area (TPSA) is 38.0 Å². The summed E-state index contributed by atoms with van der Waals surface area (Å²) < 4.78 is 0. The van der Waals surface area contributed by atoms with E-state index >= 15 is 0 Å². The van der Waals surface area contributed by atoms with Crippen LogP contribution in [-0.4, -0.2) is 6.04 Å². The number of hydrogen-bond acceptors (Lipinski definition) is 2. The Hall–Kier alpha value is -0.600. The Morgan fingerprint density at radius 3 is 2.44 bits per heavy atom. The van der Waals surface area contributed by atoms with Crippen LogP contribution < -0.4 is 11.1 Å². The second kappa shape index (κ2) is 6.03. The fourth-order valence-corrected chi connectivity index (χ4v) is 3.42. The van der Waals surface area contributed by atoms with Crippen molar-refractivity contribution in [3.8, 4) is 0 Å². The third-order valence-corrected chi connectivity index (χ3v) is 4.42. The normalized spacial score (nSPS) is 23.9. The Morgan fingerprint density at radius 2 is 1.83 bits per heavy atom. The predicted molar refractivity (Wildman–Crippen MR) is 80.5 cm³/mol. The van der Waals surface area contributed by atoms with Gasteiger partial charge < -0.3 is 11.1 Å². The Kier molecular flexibility index (Phi) is 4.63. The maximum absolute atomic E-state index is 6.22. The fraction of sp³-hybridized carbons (Fsp3) is 0.571. The van der Waals surface area contributed by atoms with Gasteiger partial charge in [-0.1, -0.05) is 49.4 Å². The first kappa shape index (κ1) is 13.8. The summed E-state index contributed by atoms with van der Waals surface area (Å²) in [4.78, 5) is 0. The van der Waals surface area contributed by atoms with Crippen molar-refractivity contribution in [2.24, 2.45) is 5.92 Å². The van der Waals surface area contributed by atoms with Crippen LogP contribution in [0.2, 0.25) is 10.0 Å². The molecule has 1 fully saturated rings. The second-order valence-electron chi connectivity index (χ2n) is 5.06. The largest absolute Gasteiger partial charge is 0.399 e. The molecule has 0 aromatic heterocycles. The van der Waals surface area contributed by atoms with E-state index in [4.69, 9.17) is 28.9 Å². The molecule has 100 valence electrons. The Morgan fingerprint density at radius 1 is 1.22 bits per heavy atom. The van der Waals surface area contributed by atoms with E-state index in [1.807, 2.05) is 0 Å². The summed E-state index contributed by atoms with van der Waals surface area (Å²) >= 11 is 12.4. The Bertz CT molecular complexity index is 397. The molecule has 1 saturated carbocycles. The minimum absolute atomic E-state index is 0.474. The van der Waals surface area contributed by atoms with Gasteiger partial charge in [0, 0.05) is 11.7 Å². The van der Waals surface area contributed by atoms with Crippen LogP contribution in [0.25, 0.3) is 0 Å². The van der Waals surface area contributed by atoms with Gasteiger partial charge in [-0.3, -0.25) is 0 Å². The highest BCUT2D eigenvalue weighted by Crippen LogP contribution is 2.36. The third kappa shape index (κ3) is 3.04. The van der Waals surface area contributed by atoms with E-state index in [1.165, 1.54) is 32.1 Å². The summed E-state index contributed by atoms with van der Waals surface area (Å²) in [6.07, 6.45) is 6.29. The van der Waals surface area contributed by atoms with E-state index in [9.17, 15) is 0 Å². The van der Waals surface area contributed by atoms with Crippen molar-refractivity contribution >= 4 is 34.6 Å². The highest BCUT2D eigenvalue weighted by atomic mass is 35.5. The molecule has 3 N–H and O–H groups in total. The first-order valence-corrected chi connectivity index (χ1v) is 7.38. The molecule has 2 unspecified atom stereocenters. The number of nitrogen functional groups attached to an aromatic ring is 1. The molecular weight excluding hydrogens is 267 g/mol. The fourth-order valence-electron chi connectivity index (χ4n) is 2.80. The average Bonchev–Trinajstić information content (AvgIpc) is 2.34. The summed E-state index contributed by atoms with van der Waals surface area (Å²) in [7, 11) is 0. The molecule has 0 spiro atoms. The molecule has 1 aliphatic rings. The van der Waals surface area contributed by atoms with Gasteiger partial charge in [-0.2, -0.15) is 0 Å². The van der Waals surface area contributed by atoms with Gasteiger partial charge >= 0.3 is 0 Å². The van der Waals surface area contributed by atoms with Crippen molar-refractivity contribution in [2.75, 3.05) is 11.1 Å². The lowest BCUT2D eigenvalue weighted by Gasteiger charge is -2.32. The van der Waals surface area contributed by atoms with Gasteiger partial charge in [-0.25, -0.2) is 0 Å². The van der Waals surface area contributed by atoms with Crippen LogP contribution in [0.3, 0.4) is 0 Å². The molecular formula is C14H20Cl2N2. The van der Waals surface area contributed by atoms with Gasteiger partial charge in [0.05, 0.1) is 15.7 Å². The van der Waals surface area contributed by atoms with E-state index in [2.05, 4.69) is 12.2 Å². The zero-order chi connectivity index (χ0) is 13.1. The number of anilines is 2. The van der Waals surface area contributed by atoms with Crippen LogP contribution in [0.5, 0.6) is 0 Å². The van der Waals surface area contributed by atoms with Gasteiger partial charge in [0.25, 0.3) is 0 Å². The molecule has 0 aliphatic heterocycles. The summed E-state index contributed by atoms with van der Waals surface area (Å²) in [6, 6.07) is 3.97. The third-order valence-electron chi connectivity index (χ3n) is 3.83. The summed E-state index contributed by atoms with van der Waals surface area (Å²) in [5.74, 6) is 0.712. The maximum Gasteiger partial charge on any atom is 0.0722 e. The number of rotatable bonds is 3. The lowest BCUT2D eigenvalue weighted by molar-refractivity contribution is 0.317. The predicted octanol–water partition coefficient (Wildman–Crippen LogP) is 4.96. The quantitative estimate of drug-likeness (QED) is 0.771. The molecule has 1 aliphatic carbocycles. The lowest BCUT2D eigenvalue weighted by Crippen LogP contribution is -2.32. The molecule has 4 heteroatoms. The molecule has 1 aromatic carbocycles. The average molecular weight is 287 g/mol. The van der Waals surface area contributed by atoms with Crippen LogP contribution in [0, 0.1) is 5.92 Å². The van der Waals surface area contributed by atoms with Gasteiger partial charge in [-0.15, -0.1) is 0 Å². The maximum atomic E-state index is 6.22. The molecule has 2 atom stereocenters. The van der Waals surface area contributed by atoms with E-state index < -0.39 is 0 Å². The van der Waals surface area contributed by atoms with Crippen molar-refractivity contribution in [1.29, 1.82) is 0 Å². The molecule has 18 heavy (non-hydrogen) atoms. The SMILES string of the molecule is CCC1CCCCC1Nc1c(Cl)cc(N)cc1Cl. The minimum Gasteiger partial charge on any atom is -0.399 e. The highest BCUT2D eigenvalue weighted by Gasteiger charge is 2.24. The van der Waals surface area contributed by atoms with E-state index in [0.29, 0.717) is 27.7 Å². The van der Waals surface area contributed by atoms with Gasteiger partial charge in [0.2, 0.25) is 0 Å². The minimum atomic E-state index is 0.474. The second-order valence-corrected chi connectivity index (χ2v) is 5.88. The number of halogens is 2. The van der Waals surface area contributed by atoms with Crippen LogP contribution in [0.1, 0.15) is 39.0 Å². The molecule has 0 amide bonds. The zero-order valence-corrected chi connectivity index (χ0v) is 12.2. The number of benzene rings is 1. The molecule has 2 rings (SSSR count). The van der Waals surface area contributed by atoms with Crippen molar-refractivity contribution in [2.45, 2.75) is 45.1 Å². The van der Waals surface area contributed by atoms with E-state index in [0.717, 1.165) is 5.69 Å². The van der Waals surface area contributed by atoms with Crippen LogP contribution in [-0.2, 0) is 0 Å². The highest BCUT2D eigenvalue weighted by molar-refractivity contribution is 6.39. The number of nitrogens with one attached hydrogen (secondary N) is 1. The molecule has 2 nitrogen and oxygen atoms in total. The van der Waals surface area contributed by atoms with E-state index in [-0.39, 0.29) is 0 Å². The summed E-state index contributed by atoms with van der Waals surface area (Å²) in [6.45, 7) is 2.25. The first-order chi connectivity index (χ1) is 8.61. The molecule has 0 heterocycles. The van der Waals surface area contributed by atoms with Gasteiger partial charge in [0.15, 0.2) is 0 Å². The van der Waals surface area contributed by atoms with Crippen molar-refractivity contribution < 1.29 is 0 Å². The van der Waals surface area contributed by atoms with Crippen LogP contribution in [0.15, 0.2) is 12.1 Å². The van der Waals surface area contributed by atoms with Gasteiger partial charge in [-0.05, 0) is 30.9 Å². The smallest absolute Gasteiger partial charge is 0.0722 e. The van der Waals surface area contributed by atoms with Crippen LogP contribution in [0.4, 0.5) is 11.4 Å². The van der Waals surface area contributed by atoms with Crippen molar-refractivity contribution in [1.82, 2.24) is 0 Å². The summed E-state index contributed by atoms with van der Waals surface area (Å²) in [5, 5.41) is 4.75. The first-order valence-electron chi connectivity index (χ1n) is 6.63.